The highest BCUT2D eigenvalue weighted by molar-refractivity contribution is 7.11. The van der Waals surface area contributed by atoms with E-state index in [2.05, 4.69) is 31.1 Å². The molecule has 3 heteroatoms. The molecule has 1 N–H and O–H groups in total. The van der Waals surface area contributed by atoms with Crippen LogP contribution in [0.25, 0.3) is 0 Å². The molecule has 0 spiro atoms. The standard InChI is InChI=1S/C12H20N2S/c1-9-7-14-11(15-9)8-13-10-5-4-6-12(10,2)3/h7,10,13H,4-6,8H2,1-3H3. The monoisotopic (exact) mass is 224 g/mol. The van der Waals surface area contributed by atoms with E-state index in [0.29, 0.717) is 11.5 Å². The fourth-order valence-corrected chi connectivity index (χ4v) is 3.14. The van der Waals surface area contributed by atoms with E-state index in [-0.39, 0.29) is 0 Å². The molecule has 1 aliphatic rings. The first-order chi connectivity index (χ1) is 7.08. The van der Waals surface area contributed by atoms with Gasteiger partial charge in [0, 0.05) is 23.7 Å². The van der Waals surface area contributed by atoms with E-state index in [1.165, 1.54) is 29.1 Å². The summed E-state index contributed by atoms with van der Waals surface area (Å²) in [5, 5.41) is 4.87. The van der Waals surface area contributed by atoms with Gasteiger partial charge in [0.05, 0.1) is 0 Å². The van der Waals surface area contributed by atoms with Gasteiger partial charge in [-0.1, -0.05) is 20.3 Å². The Morgan fingerprint density at radius 3 is 2.93 bits per heavy atom. The molecule has 1 atom stereocenters. The van der Waals surface area contributed by atoms with E-state index in [1.54, 1.807) is 11.3 Å². The normalized spacial score (nSPS) is 24.6. The predicted octanol–water partition coefficient (Wildman–Crippen LogP) is 3.12. The molecule has 84 valence electrons. The van der Waals surface area contributed by atoms with Gasteiger partial charge in [0.25, 0.3) is 0 Å². The largest absolute Gasteiger partial charge is 0.307 e. The molecule has 1 aromatic heterocycles. The third kappa shape index (κ3) is 2.58. The molecule has 1 heterocycles. The summed E-state index contributed by atoms with van der Waals surface area (Å²) in [5.41, 5.74) is 0.465. The van der Waals surface area contributed by atoms with Gasteiger partial charge in [-0.2, -0.15) is 0 Å². The maximum Gasteiger partial charge on any atom is 0.107 e. The maximum absolute atomic E-state index is 4.38. The fourth-order valence-electron chi connectivity index (χ4n) is 2.40. The number of thiazole rings is 1. The molecule has 1 fully saturated rings. The van der Waals surface area contributed by atoms with Crippen molar-refractivity contribution in [1.29, 1.82) is 0 Å². The van der Waals surface area contributed by atoms with Gasteiger partial charge >= 0.3 is 0 Å². The van der Waals surface area contributed by atoms with Crippen molar-refractivity contribution in [1.82, 2.24) is 10.3 Å². The minimum absolute atomic E-state index is 0.465. The lowest BCUT2D eigenvalue weighted by Crippen LogP contribution is -2.37. The van der Waals surface area contributed by atoms with Gasteiger partial charge in [0.15, 0.2) is 0 Å². The molecule has 0 aliphatic heterocycles. The topological polar surface area (TPSA) is 24.9 Å². The van der Waals surface area contributed by atoms with Crippen molar-refractivity contribution in [3.05, 3.63) is 16.1 Å². The summed E-state index contributed by atoms with van der Waals surface area (Å²) < 4.78 is 0. The van der Waals surface area contributed by atoms with Crippen LogP contribution in [0.5, 0.6) is 0 Å². The Labute approximate surface area is 96.1 Å². The van der Waals surface area contributed by atoms with Gasteiger partial charge in [-0.05, 0) is 25.2 Å². The summed E-state index contributed by atoms with van der Waals surface area (Å²) in [7, 11) is 0. The second-order valence-electron chi connectivity index (χ2n) is 5.18. The van der Waals surface area contributed by atoms with Crippen LogP contribution in [0.15, 0.2) is 6.20 Å². The smallest absolute Gasteiger partial charge is 0.107 e. The summed E-state index contributed by atoms with van der Waals surface area (Å²) >= 11 is 1.80. The summed E-state index contributed by atoms with van der Waals surface area (Å²) in [5.74, 6) is 0. The van der Waals surface area contributed by atoms with E-state index >= 15 is 0 Å². The van der Waals surface area contributed by atoms with Gasteiger partial charge in [-0.25, -0.2) is 4.98 Å². The molecule has 0 saturated heterocycles. The zero-order chi connectivity index (χ0) is 10.9. The van der Waals surface area contributed by atoms with Crippen LogP contribution in [-0.4, -0.2) is 11.0 Å². The zero-order valence-electron chi connectivity index (χ0n) is 9.84. The highest BCUT2D eigenvalue weighted by Crippen LogP contribution is 2.37. The molecule has 1 saturated carbocycles. The Kier molecular flexibility index (Phi) is 3.12. The van der Waals surface area contributed by atoms with E-state index in [9.17, 15) is 0 Å². The van der Waals surface area contributed by atoms with Crippen molar-refractivity contribution in [2.24, 2.45) is 5.41 Å². The average Bonchev–Trinajstić information content (AvgIpc) is 2.69. The first-order valence-electron chi connectivity index (χ1n) is 5.72. The number of aromatic nitrogens is 1. The van der Waals surface area contributed by atoms with Gasteiger partial charge in [0.2, 0.25) is 0 Å². The van der Waals surface area contributed by atoms with Crippen LogP contribution in [0.2, 0.25) is 0 Å². The van der Waals surface area contributed by atoms with Crippen LogP contribution in [0, 0.1) is 12.3 Å². The van der Waals surface area contributed by atoms with Crippen LogP contribution < -0.4 is 5.32 Å². The Morgan fingerprint density at radius 1 is 1.60 bits per heavy atom. The Morgan fingerprint density at radius 2 is 2.40 bits per heavy atom. The third-order valence-corrected chi connectivity index (χ3v) is 4.34. The number of aryl methyl sites for hydroxylation is 1. The van der Waals surface area contributed by atoms with Crippen molar-refractivity contribution in [2.75, 3.05) is 0 Å². The molecule has 0 amide bonds. The van der Waals surface area contributed by atoms with Gasteiger partial charge < -0.3 is 5.32 Å². The summed E-state index contributed by atoms with van der Waals surface area (Å²) in [6.45, 7) is 7.78. The van der Waals surface area contributed by atoms with Crippen molar-refractivity contribution < 1.29 is 0 Å². The minimum Gasteiger partial charge on any atom is -0.307 e. The summed E-state index contributed by atoms with van der Waals surface area (Å²) in [6.07, 6.45) is 5.99. The fraction of sp³-hybridized carbons (Fsp3) is 0.750. The third-order valence-electron chi connectivity index (χ3n) is 3.43. The summed E-state index contributed by atoms with van der Waals surface area (Å²) in [6, 6.07) is 0.668. The van der Waals surface area contributed by atoms with Gasteiger partial charge in [-0.3, -0.25) is 0 Å². The SMILES string of the molecule is Cc1cnc(CNC2CCCC2(C)C)s1. The van der Waals surface area contributed by atoms with Crippen molar-refractivity contribution in [3.63, 3.8) is 0 Å². The zero-order valence-corrected chi connectivity index (χ0v) is 10.7. The first-order valence-corrected chi connectivity index (χ1v) is 6.54. The first kappa shape index (κ1) is 11.1. The Balaban J connectivity index is 1.88. The van der Waals surface area contributed by atoms with E-state index < -0.39 is 0 Å². The molecule has 0 aromatic carbocycles. The molecule has 1 aromatic rings. The van der Waals surface area contributed by atoms with Crippen molar-refractivity contribution in [2.45, 2.75) is 52.6 Å². The lowest BCUT2D eigenvalue weighted by molar-refractivity contribution is 0.282. The number of nitrogens with one attached hydrogen (secondary N) is 1. The lowest BCUT2D eigenvalue weighted by atomic mass is 9.87. The highest BCUT2D eigenvalue weighted by atomic mass is 32.1. The average molecular weight is 224 g/mol. The highest BCUT2D eigenvalue weighted by Gasteiger charge is 2.33. The molecule has 1 unspecified atom stereocenters. The molecule has 2 rings (SSSR count). The molecule has 15 heavy (non-hydrogen) atoms. The van der Waals surface area contributed by atoms with Crippen LogP contribution >= 0.6 is 11.3 Å². The van der Waals surface area contributed by atoms with Crippen molar-refractivity contribution in [3.8, 4) is 0 Å². The predicted molar refractivity (Wildman–Crippen MR) is 65.1 cm³/mol. The van der Waals surface area contributed by atoms with Crippen LogP contribution in [0.4, 0.5) is 0 Å². The molecule has 1 aliphatic carbocycles. The van der Waals surface area contributed by atoms with E-state index in [4.69, 9.17) is 0 Å². The number of rotatable bonds is 3. The molecule has 0 radical (unpaired) electrons. The molecular weight excluding hydrogens is 204 g/mol. The molecule has 2 nitrogen and oxygen atoms in total. The lowest BCUT2D eigenvalue weighted by Gasteiger charge is -2.27. The van der Waals surface area contributed by atoms with Crippen LogP contribution in [0.1, 0.15) is 43.0 Å². The number of hydrogen-bond donors (Lipinski definition) is 1. The van der Waals surface area contributed by atoms with Crippen LogP contribution in [-0.2, 0) is 6.54 Å². The van der Waals surface area contributed by atoms with E-state index in [1.807, 2.05) is 6.20 Å². The Bertz CT molecular complexity index is 330. The van der Waals surface area contributed by atoms with Gasteiger partial charge in [-0.15, -0.1) is 11.3 Å². The molecule has 0 bridgehead atoms. The summed E-state index contributed by atoms with van der Waals surface area (Å²) in [4.78, 5) is 5.68. The van der Waals surface area contributed by atoms with Gasteiger partial charge in [0.1, 0.15) is 5.01 Å². The Hall–Kier alpha value is -0.410. The van der Waals surface area contributed by atoms with E-state index in [0.717, 1.165) is 6.54 Å². The number of nitrogens with zero attached hydrogens (tertiary/aromatic N) is 1. The second-order valence-corrected chi connectivity index (χ2v) is 6.50. The quantitative estimate of drug-likeness (QED) is 0.853. The maximum atomic E-state index is 4.38. The van der Waals surface area contributed by atoms with Crippen LogP contribution in [0.3, 0.4) is 0 Å². The number of hydrogen-bond acceptors (Lipinski definition) is 3. The second kappa shape index (κ2) is 4.22. The molecular formula is C12H20N2S. The van der Waals surface area contributed by atoms with Crippen molar-refractivity contribution >= 4 is 11.3 Å². The minimum atomic E-state index is 0.465.